The van der Waals surface area contributed by atoms with Crippen LogP contribution in [0.4, 0.5) is 5.69 Å². The highest BCUT2D eigenvalue weighted by molar-refractivity contribution is 7.93. The van der Waals surface area contributed by atoms with E-state index in [1.807, 2.05) is 6.92 Å². The van der Waals surface area contributed by atoms with E-state index in [0.29, 0.717) is 18.7 Å². The fourth-order valence-corrected chi connectivity index (χ4v) is 4.63. The van der Waals surface area contributed by atoms with Crippen LogP contribution >= 0.6 is 11.6 Å². The van der Waals surface area contributed by atoms with Gasteiger partial charge in [-0.25, -0.2) is 8.42 Å². The Balaban J connectivity index is 2.38. The molecule has 0 aromatic heterocycles. The molecule has 0 spiro atoms. The fraction of sp³-hybridized carbons (Fsp3) is 0.286. The molecule has 156 valence electrons. The van der Waals surface area contributed by atoms with Gasteiger partial charge in [0.1, 0.15) is 4.90 Å². The third kappa shape index (κ3) is 5.82. The van der Waals surface area contributed by atoms with Crippen LogP contribution < -0.4 is 9.62 Å². The molecule has 0 fully saturated rings. The van der Waals surface area contributed by atoms with E-state index in [2.05, 4.69) is 11.9 Å². The Bertz CT molecular complexity index is 948. The first kappa shape index (κ1) is 22.9. The van der Waals surface area contributed by atoms with Crippen LogP contribution in [0, 0.1) is 0 Å². The van der Waals surface area contributed by atoms with Gasteiger partial charge in [0.2, 0.25) is 0 Å². The summed E-state index contributed by atoms with van der Waals surface area (Å²) >= 11 is 6.21. The standard InChI is InChI=1S/C21H25ClN2O4S/c1-4-13-24(18-8-6-5-7-9-18)29(26,27)20-15-17(10-11-19(20)22)21(25)23-16(2)12-14-28-3/h4-11,15-16H,1,12-14H2,2-3H3,(H,23,25). The molecule has 0 aliphatic carbocycles. The molecule has 0 saturated carbocycles. The summed E-state index contributed by atoms with van der Waals surface area (Å²) in [4.78, 5) is 12.4. The number of rotatable bonds is 10. The van der Waals surface area contributed by atoms with Gasteiger partial charge in [0, 0.05) is 25.3 Å². The zero-order chi connectivity index (χ0) is 21.4. The zero-order valence-electron chi connectivity index (χ0n) is 16.5. The summed E-state index contributed by atoms with van der Waals surface area (Å²) in [5.74, 6) is -0.378. The molecule has 29 heavy (non-hydrogen) atoms. The third-order valence-corrected chi connectivity index (χ3v) is 6.51. The lowest BCUT2D eigenvalue weighted by atomic mass is 10.2. The Kier molecular flexibility index (Phi) is 8.25. The first-order valence-electron chi connectivity index (χ1n) is 9.09. The van der Waals surface area contributed by atoms with Crippen LogP contribution in [0.25, 0.3) is 0 Å². The molecule has 1 atom stereocenters. The highest BCUT2D eigenvalue weighted by atomic mass is 35.5. The van der Waals surface area contributed by atoms with Crippen LogP contribution in [0.2, 0.25) is 5.02 Å². The number of nitrogens with zero attached hydrogens (tertiary/aromatic N) is 1. The lowest BCUT2D eigenvalue weighted by Gasteiger charge is -2.24. The first-order valence-corrected chi connectivity index (χ1v) is 10.9. The molecule has 1 unspecified atom stereocenters. The Morgan fingerprint density at radius 2 is 1.97 bits per heavy atom. The van der Waals surface area contributed by atoms with Crippen molar-refractivity contribution >= 4 is 33.2 Å². The molecule has 2 rings (SSSR count). The van der Waals surface area contributed by atoms with E-state index < -0.39 is 10.0 Å². The molecular formula is C21H25ClN2O4S. The minimum atomic E-state index is -4.02. The Morgan fingerprint density at radius 3 is 2.59 bits per heavy atom. The molecule has 0 heterocycles. The van der Waals surface area contributed by atoms with Gasteiger partial charge in [-0.15, -0.1) is 6.58 Å². The number of para-hydroxylation sites is 1. The number of anilines is 1. The van der Waals surface area contributed by atoms with E-state index >= 15 is 0 Å². The van der Waals surface area contributed by atoms with Crippen LogP contribution in [-0.2, 0) is 14.8 Å². The van der Waals surface area contributed by atoms with Crippen molar-refractivity contribution in [2.45, 2.75) is 24.3 Å². The molecule has 6 nitrogen and oxygen atoms in total. The zero-order valence-corrected chi connectivity index (χ0v) is 18.0. The monoisotopic (exact) mass is 436 g/mol. The van der Waals surface area contributed by atoms with Crippen LogP contribution in [0.3, 0.4) is 0 Å². The van der Waals surface area contributed by atoms with Gasteiger partial charge in [0.05, 0.1) is 17.3 Å². The lowest BCUT2D eigenvalue weighted by Crippen LogP contribution is -2.34. The summed E-state index contributed by atoms with van der Waals surface area (Å²) in [7, 11) is -2.43. The Labute approximate surface area is 177 Å². The molecule has 8 heteroatoms. The van der Waals surface area contributed by atoms with Crippen LogP contribution in [0.1, 0.15) is 23.7 Å². The molecular weight excluding hydrogens is 412 g/mol. The fourth-order valence-electron chi connectivity index (χ4n) is 2.69. The number of halogens is 1. The quantitative estimate of drug-likeness (QED) is 0.573. The van der Waals surface area contributed by atoms with Crippen molar-refractivity contribution in [3.05, 3.63) is 71.8 Å². The van der Waals surface area contributed by atoms with Gasteiger partial charge in [-0.2, -0.15) is 0 Å². The summed E-state index contributed by atoms with van der Waals surface area (Å²) in [6, 6.07) is 12.7. The van der Waals surface area contributed by atoms with Crippen molar-refractivity contribution in [3.8, 4) is 0 Å². The average Bonchev–Trinajstić information content (AvgIpc) is 2.71. The molecule has 1 amide bonds. The van der Waals surface area contributed by atoms with Gasteiger partial charge >= 0.3 is 0 Å². The number of benzene rings is 2. The lowest BCUT2D eigenvalue weighted by molar-refractivity contribution is 0.0929. The van der Waals surface area contributed by atoms with Gasteiger partial charge < -0.3 is 10.1 Å². The van der Waals surface area contributed by atoms with Gasteiger partial charge in [0.15, 0.2) is 0 Å². The summed E-state index contributed by atoms with van der Waals surface area (Å²) in [6.45, 7) is 6.07. The highest BCUT2D eigenvalue weighted by Gasteiger charge is 2.27. The number of carbonyl (C=O) groups excluding carboxylic acids is 1. The number of nitrogens with one attached hydrogen (secondary N) is 1. The van der Waals surface area contributed by atoms with Crippen LogP contribution in [-0.4, -0.2) is 40.6 Å². The third-order valence-electron chi connectivity index (χ3n) is 4.23. The second kappa shape index (κ2) is 10.4. The van der Waals surface area contributed by atoms with E-state index in [1.54, 1.807) is 37.4 Å². The first-order chi connectivity index (χ1) is 13.8. The van der Waals surface area contributed by atoms with Crippen molar-refractivity contribution in [3.63, 3.8) is 0 Å². The molecule has 0 radical (unpaired) electrons. The maximum Gasteiger partial charge on any atom is 0.266 e. The maximum absolute atomic E-state index is 13.3. The summed E-state index contributed by atoms with van der Waals surface area (Å²) in [5, 5.41) is 2.87. The van der Waals surface area contributed by atoms with E-state index in [4.69, 9.17) is 16.3 Å². The second-order valence-electron chi connectivity index (χ2n) is 6.46. The summed E-state index contributed by atoms with van der Waals surface area (Å²) in [6.07, 6.45) is 2.13. The van der Waals surface area contributed by atoms with Gasteiger partial charge in [-0.05, 0) is 43.7 Å². The van der Waals surface area contributed by atoms with Crippen molar-refractivity contribution < 1.29 is 17.9 Å². The number of methoxy groups -OCH3 is 1. The molecule has 2 aromatic carbocycles. The van der Waals surface area contributed by atoms with E-state index in [0.717, 1.165) is 0 Å². The van der Waals surface area contributed by atoms with E-state index in [9.17, 15) is 13.2 Å². The van der Waals surface area contributed by atoms with Gasteiger partial charge in [-0.1, -0.05) is 35.9 Å². The van der Waals surface area contributed by atoms with Gasteiger partial charge in [-0.3, -0.25) is 9.10 Å². The van der Waals surface area contributed by atoms with Crippen molar-refractivity contribution in [1.29, 1.82) is 0 Å². The Hall–Kier alpha value is -2.35. The number of hydrogen-bond acceptors (Lipinski definition) is 4. The largest absolute Gasteiger partial charge is 0.385 e. The molecule has 0 aliphatic heterocycles. The van der Waals surface area contributed by atoms with E-state index in [-0.39, 0.29) is 34.0 Å². The number of carbonyl (C=O) groups is 1. The Morgan fingerprint density at radius 1 is 1.28 bits per heavy atom. The molecule has 0 bridgehead atoms. The molecule has 0 aliphatic rings. The molecule has 0 saturated heterocycles. The number of hydrogen-bond donors (Lipinski definition) is 1. The predicted octanol–water partition coefficient (Wildman–Crippen LogP) is 3.88. The summed E-state index contributed by atoms with van der Waals surface area (Å²) < 4.78 is 32.9. The van der Waals surface area contributed by atoms with Crippen LogP contribution in [0.5, 0.6) is 0 Å². The topological polar surface area (TPSA) is 75.7 Å². The minimum Gasteiger partial charge on any atom is -0.385 e. The maximum atomic E-state index is 13.3. The number of sulfonamides is 1. The smallest absolute Gasteiger partial charge is 0.266 e. The summed E-state index contributed by atoms with van der Waals surface area (Å²) in [5.41, 5.74) is 0.690. The highest BCUT2D eigenvalue weighted by Crippen LogP contribution is 2.29. The second-order valence-corrected chi connectivity index (χ2v) is 8.70. The van der Waals surface area contributed by atoms with Crippen molar-refractivity contribution in [2.75, 3.05) is 24.6 Å². The minimum absolute atomic E-state index is 0.0407. The molecule has 1 N–H and O–H groups in total. The predicted molar refractivity (Wildman–Crippen MR) is 116 cm³/mol. The van der Waals surface area contributed by atoms with Gasteiger partial charge in [0.25, 0.3) is 15.9 Å². The SMILES string of the molecule is C=CCN(c1ccccc1)S(=O)(=O)c1cc(C(=O)NC(C)CCOC)ccc1Cl. The molecule has 2 aromatic rings. The number of amides is 1. The van der Waals surface area contributed by atoms with Crippen molar-refractivity contribution in [2.24, 2.45) is 0 Å². The van der Waals surface area contributed by atoms with Crippen LogP contribution in [0.15, 0.2) is 66.1 Å². The number of ether oxygens (including phenoxy) is 1. The normalized spacial score (nSPS) is 12.2. The van der Waals surface area contributed by atoms with Crippen molar-refractivity contribution in [1.82, 2.24) is 5.32 Å². The average molecular weight is 437 g/mol. The van der Waals surface area contributed by atoms with E-state index in [1.165, 1.54) is 28.6 Å².